The van der Waals surface area contributed by atoms with Gasteiger partial charge in [-0.05, 0) is 79.5 Å². The van der Waals surface area contributed by atoms with E-state index in [9.17, 15) is 39.7 Å². The van der Waals surface area contributed by atoms with Crippen LogP contribution >= 0.6 is 22.9 Å². The Balaban J connectivity index is 1.14. The third-order valence-electron chi connectivity index (χ3n) is 12.9. The number of carbonyl (C=O) groups excluding carboxylic acids is 4. The van der Waals surface area contributed by atoms with Crippen LogP contribution in [0.4, 0.5) is 28.6 Å². The summed E-state index contributed by atoms with van der Waals surface area (Å²) in [4.78, 5) is 85.8. The Morgan fingerprint density at radius 2 is 1.58 bits per heavy atom. The minimum absolute atomic E-state index is 0.0159. The highest BCUT2D eigenvalue weighted by Crippen LogP contribution is 2.64. The molecule has 9 rings (SSSR count). The molecule has 3 fully saturated rings. The fourth-order valence-electron chi connectivity index (χ4n) is 10.2. The first-order valence-electron chi connectivity index (χ1n) is 19.1. The number of halogens is 1. The maximum atomic E-state index is 15.1. The number of benzene rings is 3. The van der Waals surface area contributed by atoms with Crippen LogP contribution < -0.4 is 14.7 Å². The van der Waals surface area contributed by atoms with Crippen LogP contribution in [0.25, 0.3) is 20.7 Å². The second-order valence-electron chi connectivity index (χ2n) is 16.2. The number of hydrogen-bond donors (Lipinski definition) is 1. The lowest BCUT2D eigenvalue weighted by Crippen LogP contribution is -2.48. The third-order valence-corrected chi connectivity index (χ3v) is 14.4. The molecule has 5 aromatic rings. The van der Waals surface area contributed by atoms with Crippen LogP contribution in [-0.4, -0.2) is 62.5 Å². The summed E-state index contributed by atoms with van der Waals surface area (Å²) in [5.74, 6) is -6.58. The van der Waals surface area contributed by atoms with E-state index in [1.807, 2.05) is 31.2 Å². The summed E-state index contributed by atoms with van der Waals surface area (Å²) in [6.07, 6.45) is 1.94. The molecule has 2 aliphatic heterocycles. The molecule has 6 atom stereocenters. The molecule has 1 N–H and O–H groups in total. The number of rotatable bonds is 7. The number of thiophene rings is 1. The molecule has 4 amide bonds. The number of anilines is 3. The molecule has 1 saturated carbocycles. The van der Waals surface area contributed by atoms with E-state index in [0.717, 1.165) is 37.6 Å². The number of aromatic hydroxyl groups is 1. The predicted molar refractivity (Wildman–Crippen MR) is 223 cm³/mol. The molecule has 0 bridgehead atoms. The molecule has 3 aromatic carbocycles. The molecule has 2 saturated heterocycles. The van der Waals surface area contributed by atoms with Gasteiger partial charge in [0.25, 0.3) is 0 Å². The van der Waals surface area contributed by atoms with Gasteiger partial charge in [0.05, 0.1) is 43.6 Å². The van der Waals surface area contributed by atoms with Gasteiger partial charge in [0.15, 0.2) is 5.69 Å². The minimum atomic E-state index is -1.38. The van der Waals surface area contributed by atoms with Crippen LogP contribution in [0.2, 0.25) is 5.02 Å². The van der Waals surface area contributed by atoms with Crippen molar-refractivity contribution in [2.24, 2.45) is 36.1 Å². The molecular weight excluding hydrogens is 814 g/mol. The van der Waals surface area contributed by atoms with Gasteiger partial charge in [-0.15, -0.1) is 11.3 Å². The van der Waals surface area contributed by atoms with E-state index in [4.69, 9.17) is 16.7 Å². The van der Waals surface area contributed by atoms with Gasteiger partial charge >= 0.3 is 11.4 Å². The van der Waals surface area contributed by atoms with E-state index in [-0.39, 0.29) is 35.8 Å². The van der Waals surface area contributed by atoms with Crippen molar-refractivity contribution in [1.29, 1.82) is 0 Å². The number of aromatic nitrogens is 2. The number of amides is 4. The lowest BCUT2D eigenvalue weighted by molar-refractivity contribution is -0.392. The molecule has 306 valence electrons. The van der Waals surface area contributed by atoms with Crippen LogP contribution in [0.1, 0.15) is 36.8 Å². The van der Waals surface area contributed by atoms with E-state index in [1.54, 1.807) is 32.2 Å². The molecule has 2 aliphatic carbocycles. The maximum absolute atomic E-state index is 15.1. The van der Waals surface area contributed by atoms with Crippen molar-refractivity contribution in [2.45, 2.75) is 32.6 Å². The zero-order valence-corrected chi connectivity index (χ0v) is 34.4. The highest BCUT2D eigenvalue weighted by Gasteiger charge is 2.68. The number of nitrogens with zero attached hydrogens (tertiary/aromatic N) is 7. The first-order valence-corrected chi connectivity index (χ1v) is 20.3. The Labute approximate surface area is 350 Å². The van der Waals surface area contributed by atoms with E-state index in [1.165, 1.54) is 52.0 Å². The van der Waals surface area contributed by atoms with Crippen LogP contribution in [0.3, 0.4) is 0 Å². The van der Waals surface area contributed by atoms with Crippen molar-refractivity contribution in [2.75, 3.05) is 28.8 Å². The molecule has 0 spiro atoms. The van der Waals surface area contributed by atoms with Gasteiger partial charge in [-0.25, -0.2) is 9.80 Å². The van der Waals surface area contributed by atoms with Gasteiger partial charge in [-0.2, -0.15) is 5.10 Å². The molecular formula is C42H36ClN7O9S. The molecule has 4 aliphatic rings. The van der Waals surface area contributed by atoms with Gasteiger partial charge in [0.2, 0.25) is 23.6 Å². The highest BCUT2D eigenvalue weighted by molar-refractivity contribution is 7.22. The van der Waals surface area contributed by atoms with Crippen molar-refractivity contribution >= 4 is 85.2 Å². The quantitative estimate of drug-likeness (QED) is 0.0746. The second-order valence-corrected chi connectivity index (χ2v) is 17.7. The standard InChI is InChI=1S/C42H36ClN7O9S/c1-19-26-14-21(43)8-13-32(26)60-37(19)29-18-33(46(5)44-29)48-39(53)28-17-27-24(35(42(28,2)41(48)55)20-6-9-23(51)10-7-20)11-12-25-34(27)40(54)47(38(25)52)22-15-30(49(56)57)36(45(3)4)31(16-22)50(58)59/h6-11,13-16,18,25,27-28,34-35,51H,12,17H2,1-5H3. The zero-order chi connectivity index (χ0) is 42.8. The average Bonchev–Trinajstić information content (AvgIpc) is 3.87. The number of phenolic OH excluding ortho intramolecular Hbond substituents is 1. The second kappa shape index (κ2) is 13.5. The van der Waals surface area contributed by atoms with Gasteiger partial charge in [-0.1, -0.05) is 35.4 Å². The molecule has 6 unspecified atom stereocenters. The Bertz CT molecular complexity index is 2780. The summed E-state index contributed by atoms with van der Waals surface area (Å²) in [5.41, 5.74) is -0.488. The molecule has 0 radical (unpaired) electrons. The third kappa shape index (κ3) is 5.44. The Morgan fingerprint density at radius 1 is 0.917 bits per heavy atom. The van der Waals surface area contributed by atoms with E-state index < -0.39 is 79.9 Å². The van der Waals surface area contributed by atoms with Gasteiger partial charge < -0.3 is 10.0 Å². The van der Waals surface area contributed by atoms with Crippen LogP contribution in [0, 0.1) is 56.2 Å². The Kier molecular flexibility index (Phi) is 8.80. The number of phenols is 1. The molecule has 16 nitrogen and oxygen atoms in total. The van der Waals surface area contributed by atoms with Gasteiger partial charge in [0, 0.05) is 55.0 Å². The smallest absolute Gasteiger partial charge is 0.301 e. The molecule has 60 heavy (non-hydrogen) atoms. The number of aryl methyl sites for hydroxylation is 2. The number of hydrogen-bond acceptors (Lipinski definition) is 12. The van der Waals surface area contributed by atoms with Crippen molar-refractivity contribution in [1.82, 2.24) is 9.78 Å². The zero-order valence-electron chi connectivity index (χ0n) is 32.8. The summed E-state index contributed by atoms with van der Waals surface area (Å²) >= 11 is 7.82. The van der Waals surface area contributed by atoms with Crippen molar-refractivity contribution in [3.8, 4) is 16.3 Å². The van der Waals surface area contributed by atoms with Crippen LogP contribution in [0.5, 0.6) is 5.75 Å². The Hall–Kier alpha value is -6.46. The number of nitro benzene ring substituents is 2. The first-order chi connectivity index (χ1) is 28.4. The van der Waals surface area contributed by atoms with Crippen LogP contribution in [-0.2, 0) is 26.2 Å². The summed E-state index contributed by atoms with van der Waals surface area (Å²) in [7, 11) is 4.48. The number of carbonyl (C=O) groups is 4. The summed E-state index contributed by atoms with van der Waals surface area (Å²) in [6.45, 7) is 3.71. The van der Waals surface area contributed by atoms with Crippen molar-refractivity contribution in [3.05, 3.63) is 109 Å². The fourth-order valence-corrected chi connectivity index (χ4v) is 11.5. The predicted octanol–water partition coefficient (Wildman–Crippen LogP) is 7.29. The average molecular weight is 850 g/mol. The minimum Gasteiger partial charge on any atom is -0.508 e. The molecule has 18 heteroatoms. The number of nitro groups is 2. The first kappa shape index (κ1) is 39.0. The van der Waals surface area contributed by atoms with Crippen molar-refractivity contribution < 1.29 is 34.1 Å². The van der Waals surface area contributed by atoms with Crippen LogP contribution in [0.15, 0.2) is 72.3 Å². The summed E-state index contributed by atoms with van der Waals surface area (Å²) < 4.78 is 2.50. The van der Waals surface area contributed by atoms with E-state index in [2.05, 4.69) is 0 Å². The van der Waals surface area contributed by atoms with Gasteiger partial charge in [-0.3, -0.25) is 44.1 Å². The van der Waals surface area contributed by atoms with E-state index in [0.29, 0.717) is 21.9 Å². The van der Waals surface area contributed by atoms with Gasteiger partial charge in [0.1, 0.15) is 17.3 Å². The number of fused-ring (bicyclic) bond motifs is 5. The Morgan fingerprint density at radius 3 is 2.22 bits per heavy atom. The molecule has 2 aromatic heterocycles. The monoisotopic (exact) mass is 849 g/mol. The summed E-state index contributed by atoms with van der Waals surface area (Å²) in [6, 6.07) is 15.7. The normalized spacial score (nSPS) is 24.8. The number of imide groups is 2. The molecule has 4 heterocycles. The lowest BCUT2D eigenvalue weighted by Gasteiger charge is -2.49. The summed E-state index contributed by atoms with van der Waals surface area (Å²) in [5, 5.41) is 41.0. The SMILES string of the molecule is Cc1c(-c2cc(N3C(=O)C4CC5C(=CCC6C(=O)N(c7cc([N+](=O)[O-])c(N(C)C)c([N+](=O)[O-])c7)C(=O)C65)C(c5ccc(O)cc5)C4(C)C3=O)n(C)n2)sc2ccc(Cl)cc12. The lowest BCUT2D eigenvalue weighted by atomic mass is 9.51. The van der Waals surface area contributed by atoms with E-state index >= 15 is 4.79 Å². The highest BCUT2D eigenvalue weighted by atomic mass is 35.5. The topological polar surface area (TPSA) is 202 Å². The van der Waals surface area contributed by atoms with Crippen molar-refractivity contribution in [3.63, 3.8) is 0 Å². The largest absolute Gasteiger partial charge is 0.508 e. The number of allylic oxidation sites excluding steroid dienone is 2. The fraction of sp³-hybridized carbons (Fsp3) is 0.310. The maximum Gasteiger partial charge on any atom is 0.301 e.